The molecule has 3 rings (SSSR count). The van der Waals surface area contributed by atoms with Gasteiger partial charge in [0.05, 0.1) is 13.2 Å². The number of ether oxygens (including phenoxy) is 1. The monoisotopic (exact) mass is 362 g/mol. The highest BCUT2D eigenvalue weighted by molar-refractivity contribution is 5.80. The first kappa shape index (κ1) is 18.2. The second-order valence-corrected chi connectivity index (χ2v) is 7.12. The standard InChI is InChI=1S/C18H26N4O4/c1-10-14-15(11-7-8-12(23)13(9-11)26-6)20(3)18(25)22(5)16(14)21(4)17(24)19(10)2/h7-10,14-16,23H,1-6H3/t10-,14+,15+,16+/m1/s1. The molecule has 2 aliphatic rings. The lowest BCUT2D eigenvalue weighted by atomic mass is 9.80. The molecule has 8 heteroatoms. The van der Waals surface area contributed by atoms with E-state index in [0.717, 1.165) is 5.56 Å². The summed E-state index contributed by atoms with van der Waals surface area (Å²) in [5.41, 5.74) is 0.863. The third-order valence-electron chi connectivity index (χ3n) is 5.84. The summed E-state index contributed by atoms with van der Waals surface area (Å²) in [6, 6.07) is 4.54. The van der Waals surface area contributed by atoms with Crippen LogP contribution in [-0.4, -0.2) is 84.3 Å². The molecule has 8 nitrogen and oxygen atoms in total. The third-order valence-corrected chi connectivity index (χ3v) is 5.84. The smallest absolute Gasteiger partial charge is 0.321 e. The van der Waals surface area contributed by atoms with Gasteiger partial charge in [0.1, 0.15) is 6.17 Å². The van der Waals surface area contributed by atoms with Gasteiger partial charge in [-0.05, 0) is 24.6 Å². The Kier molecular flexibility index (Phi) is 4.37. The molecule has 2 heterocycles. The van der Waals surface area contributed by atoms with Gasteiger partial charge in [0.15, 0.2) is 11.5 Å². The van der Waals surface area contributed by atoms with E-state index in [0.29, 0.717) is 5.75 Å². The van der Waals surface area contributed by atoms with Gasteiger partial charge in [-0.3, -0.25) is 0 Å². The molecular formula is C18H26N4O4. The molecule has 2 fully saturated rings. The number of rotatable bonds is 2. The molecule has 0 aliphatic carbocycles. The summed E-state index contributed by atoms with van der Waals surface area (Å²) in [5, 5.41) is 9.92. The molecule has 4 atom stereocenters. The van der Waals surface area contributed by atoms with E-state index >= 15 is 0 Å². The largest absolute Gasteiger partial charge is 0.504 e. The van der Waals surface area contributed by atoms with Crippen molar-refractivity contribution in [2.24, 2.45) is 5.92 Å². The normalized spacial score (nSPS) is 29.2. The Bertz CT molecular complexity index is 736. The van der Waals surface area contributed by atoms with E-state index < -0.39 is 0 Å². The van der Waals surface area contributed by atoms with Crippen LogP contribution in [0.3, 0.4) is 0 Å². The number of phenolic OH excluding ortho intramolecular Hbond substituents is 1. The van der Waals surface area contributed by atoms with Crippen molar-refractivity contribution in [1.29, 1.82) is 0 Å². The number of benzene rings is 1. The summed E-state index contributed by atoms with van der Waals surface area (Å²) in [7, 11) is 8.50. The van der Waals surface area contributed by atoms with Crippen LogP contribution in [0.15, 0.2) is 18.2 Å². The van der Waals surface area contributed by atoms with Gasteiger partial charge in [-0.2, -0.15) is 0 Å². The Balaban J connectivity index is 2.13. The van der Waals surface area contributed by atoms with E-state index in [1.165, 1.54) is 7.11 Å². The maximum absolute atomic E-state index is 12.8. The zero-order chi connectivity index (χ0) is 19.3. The van der Waals surface area contributed by atoms with Crippen LogP contribution in [0.25, 0.3) is 0 Å². The quantitative estimate of drug-likeness (QED) is 0.870. The third kappa shape index (κ3) is 2.43. The van der Waals surface area contributed by atoms with Crippen LogP contribution in [0, 0.1) is 5.92 Å². The molecular weight excluding hydrogens is 336 g/mol. The lowest BCUT2D eigenvalue weighted by molar-refractivity contribution is -0.0652. The molecule has 142 valence electrons. The number of urea groups is 2. The van der Waals surface area contributed by atoms with E-state index in [9.17, 15) is 14.7 Å². The molecule has 2 saturated heterocycles. The summed E-state index contributed by atoms with van der Waals surface area (Å²) < 4.78 is 5.24. The van der Waals surface area contributed by atoms with Crippen molar-refractivity contribution in [2.75, 3.05) is 35.3 Å². The van der Waals surface area contributed by atoms with Crippen molar-refractivity contribution >= 4 is 12.1 Å². The fourth-order valence-corrected chi connectivity index (χ4v) is 4.31. The maximum atomic E-state index is 12.8. The van der Waals surface area contributed by atoms with Gasteiger partial charge in [0, 0.05) is 40.2 Å². The Morgan fingerprint density at radius 1 is 0.962 bits per heavy atom. The second kappa shape index (κ2) is 6.26. The van der Waals surface area contributed by atoms with Crippen molar-refractivity contribution in [3.63, 3.8) is 0 Å². The molecule has 1 aromatic rings. The minimum Gasteiger partial charge on any atom is -0.504 e. The number of carbonyl (C=O) groups is 2. The summed E-state index contributed by atoms with van der Waals surface area (Å²) in [4.78, 5) is 32.1. The van der Waals surface area contributed by atoms with Crippen LogP contribution >= 0.6 is 0 Å². The fourth-order valence-electron chi connectivity index (χ4n) is 4.31. The zero-order valence-electron chi connectivity index (χ0n) is 16.0. The SMILES string of the molecule is COc1cc([C@H]2[C@H]3[C@@H](N(C)C(=O)N(C)[C@@H]3C)N(C)C(=O)N2C)ccc1O. The summed E-state index contributed by atoms with van der Waals surface area (Å²) in [6.07, 6.45) is -0.345. The summed E-state index contributed by atoms with van der Waals surface area (Å²) in [5.74, 6) is 0.375. The number of carbonyl (C=O) groups excluding carboxylic acids is 2. The Morgan fingerprint density at radius 3 is 2.12 bits per heavy atom. The van der Waals surface area contributed by atoms with Gasteiger partial charge in [0.2, 0.25) is 0 Å². The summed E-state index contributed by atoms with van der Waals surface area (Å²) >= 11 is 0. The van der Waals surface area contributed by atoms with E-state index in [1.807, 2.05) is 6.92 Å². The lowest BCUT2D eigenvalue weighted by Crippen LogP contribution is -2.71. The molecule has 0 spiro atoms. The van der Waals surface area contributed by atoms with E-state index in [4.69, 9.17) is 4.74 Å². The maximum Gasteiger partial charge on any atom is 0.321 e. The molecule has 1 aromatic carbocycles. The van der Waals surface area contributed by atoms with Crippen LogP contribution in [0.1, 0.15) is 18.5 Å². The molecule has 0 bridgehead atoms. The summed E-state index contributed by atoms with van der Waals surface area (Å²) in [6.45, 7) is 2.00. The number of methoxy groups -OCH3 is 1. The number of aromatic hydroxyl groups is 1. The molecule has 1 N–H and O–H groups in total. The molecule has 4 amide bonds. The van der Waals surface area contributed by atoms with E-state index in [-0.39, 0.29) is 42.0 Å². The molecule has 26 heavy (non-hydrogen) atoms. The van der Waals surface area contributed by atoms with Crippen molar-refractivity contribution in [2.45, 2.75) is 25.2 Å². The van der Waals surface area contributed by atoms with Gasteiger partial charge >= 0.3 is 12.1 Å². The number of amides is 4. The highest BCUT2D eigenvalue weighted by Gasteiger charge is 2.54. The minimum atomic E-state index is -0.345. The Labute approximate surface area is 153 Å². The molecule has 0 radical (unpaired) electrons. The van der Waals surface area contributed by atoms with E-state index in [2.05, 4.69) is 0 Å². The van der Waals surface area contributed by atoms with Crippen molar-refractivity contribution < 1.29 is 19.4 Å². The van der Waals surface area contributed by atoms with Gasteiger partial charge in [-0.1, -0.05) is 6.07 Å². The second-order valence-electron chi connectivity index (χ2n) is 7.12. The lowest BCUT2D eigenvalue weighted by Gasteiger charge is -2.57. The van der Waals surface area contributed by atoms with Crippen molar-refractivity contribution in [3.05, 3.63) is 23.8 Å². The first-order chi connectivity index (χ1) is 12.2. The molecule has 0 aromatic heterocycles. The van der Waals surface area contributed by atoms with Crippen LogP contribution in [0.5, 0.6) is 11.5 Å². The zero-order valence-corrected chi connectivity index (χ0v) is 16.0. The predicted octanol–water partition coefficient (Wildman–Crippen LogP) is 1.77. The Morgan fingerprint density at radius 2 is 1.54 bits per heavy atom. The molecule has 2 aliphatic heterocycles. The van der Waals surface area contributed by atoms with Gasteiger partial charge in [0.25, 0.3) is 0 Å². The number of nitrogens with zero attached hydrogens (tertiary/aromatic N) is 4. The topological polar surface area (TPSA) is 76.6 Å². The first-order valence-corrected chi connectivity index (χ1v) is 8.56. The first-order valence-electron chi connectivity index (χ1n) is 8.56. The van der Waals surface area contributed by atoms with Crippen LogP contribution < -0.4 is 4.74 Å². The van der Waals surface area contributed by atoms with Gasteiger partial charge < -0.3 is 29.4 Å². The average Bonchev–Trinajstić information content (AvgIpc) is 2.63. The highest BCUT2D eigenvalue weighted by Crippen LogP contribution is 2.44. The number of fused-ring (bicyclic) bond motifs is 1. The highest BCUT2D eigenvalue weighted by atomic mass is 16.5. The number of phenols is 1. The fraction of sp³-hybridized carbons (Fsp3) is 0.556. The van der Waals surface area contributed by atoms with Crippen LogP contribution in [-0.2, 0) is 0 Å². The molecule has 0 saturated carbocycles. The Hall–Kier alpha value is -2.64. The van der Waals surface area contributed by atoms with Crippen molar-refractivity contribution in [3.8, 4) is 11.5 Å². The van der Waals surface area contributed by atoms with Crippen LogP contribution in [0.2, 0.25) is 0 Å². The van der Waals surface area contributed by atoms with Crippen molar-refractivity contribution in [1.82, 2.24) is 19.6 Å². The number of hydrogen-bond donors (Lipinski definition) is 1. The molecule has 0 unspecified atom stereocenters. The predicted molar refractivity (Wildman–Crippen MR) is 96.0 cm³/mol. The van der Waals surface area contributed by atoms with Crippen LogP contribution in [0.4, 0.5) is 9.59 Å². The van der Waals surface area contributed by atoms with Gasteiger partial charge in [-0.15, -0.1) is 0 Å². The number of hydrogen-bond acceptors (Lipinski definition) is 4. The van der Waals surface area contributed by atoms with E-state index in [1.54, 1.807) is 66.0 Å². The minimum absolute atomic E-state index is 0.0374. The average molecular weight is 362 g/mol. The van der Waals surface area contributed by atoms with Gasteiger partial charge in [-0.25, -0.2) is 9.59 Å².